The van der Waals surface area contributed by atoms with E-state index < -0.39 is 0 Å². The summed E-state index contributed by atoms with van der Waals surface area (Å²) in [6.07, 6.45) is 0.961. The average Bonchev–Trinajstić information content (AvgIpc) is 2.73. The number of primary amides is 1. The van der Waals surface area contributed by atoms with Crippen LogP contribution in [0.5, 0.6) is 0 Å². The molecule has 0 aromatic heterocycles. The van der Waals surface area contributed by atoms with Crippen LogP contribution in [0.2, 0.25) is 0 Å². The lowest BCUT2D eigenvalue weighted by Gasteiger charge is -2.21. The van der Waals surface area contributed by atoms with Crippen molar-refractivity contribution in [3.05, 3.63) is 29.8 Å². The number of halogens is 1. The fraction of sp³-hybridized carbons (Fsp3) is 0.429. The number of nitrogens with zero attached hydrogens (tertiary/aromatic N) is 1. The quantitative estimate of drug-likeness (QED) is 0.812. The van der Waals surface area contributed by atoms with E-state index >= 15 is 0 Å². The van der Waals surface area contributed by atoms with Gasteiger partial charge in [-0.05, 0) is 25.1 Å². The summed E-state index contributed by atoms with van der Waals surface area (Å²) in [4.78, 5) is 26.2. The molecule has 116 valence electrons. The Balaban J connectivity index is 0.00000220. The first-order valence-corrected chi connectivity index (χ1v) is 7.67. The van der Waals surface area contributed by atoms with Crippen molar-refractivity contribution < 1.29 is 9.59 Å². The molecule has 0 saturated carbocycles. The van der Waals surface area contributed by atoms with Gasteiger partial charge in [0.2, 0.25) is 5.91 Å². The van der Waals surface area contributed by atoms with Crippen molar-refractivity contribution in [2.45, 2.75) is 11.3 Å². The third kappa shape index (κ3) is 5.22. The molecule has 1 aromatic rings. The van der Waals surface area contributed by atoms with Gasteiger partial charge in [0, 0.05) is 24.5 Å². The van der Waals surface area contributed by atoms with E-state index in [2.05, 4.69) is 5.32 Å². The van der Waals surface area contributed by atoms with Crippen LogP contribution in [-0.2, 0) is 4.79 Å². The number of nitrogens with two attached hydrogens (primary N) is 1. The fourth-order valence-electron chi connectivity index (χ4n) is 2.14. The van der Waals surface area contributed by atoms with Gasteiger partial charge < -0.3 is 16.0 Å². The highest BCUT2D eigenvalue weighted by Gasteiger charge is 2.19. The SMILES string of the molecule is Cl.NC(=O)CSc1ccccc1C(=O)N1CCCNCC1. The first-order valence-electron chi connectivity index (χ1n) is 6.68. The van der Waals surface area contributed by atoms with E-state index in [4.69, 9.17) is 5.73 Å². The summed E-state index contributed by atoms with van der Waals surface area (Å²) in [5.41, 5.74) is 5.82. The Bertz CT molecular complexity index is 491. The average molecular weight is 330 g/mol. The molecule has 1 saturated heterocycles. The Morgan fingerprint density at radius 3 is 2.76 bits per heavy atom. The van der Waals surface area contributed by atoms with Crippen molar-refractivity contribution >= 4 is 36.0 Å². The van der Waals surface area contributed by atoms with Gasteiger partial charge in [0.15, 0.2) is 0 Å². The van der Waals surface area contributed by atoms with Crippen molar-refractivity contribution in [1.29, 1.82) is 0 Å². The molecule has 1 aliphatic heterocycles. The van der Waals surface area contributed by atoms with Crippen LogP contribution in [0.3, 0.4) is 0 Å². The standard InChI is InChI=1S/C14H19N3O2S.ClH/c15-13(18)10-20-12-5-2-1-4-11(12)14(19)17-8-3-6-16-7-9-17;/h1-2,4-5,16H,3,6-10H2,(H2,15,18);1H. The summed E-state index contributed by atoms with van der Waals surface area (Å²) in [6, 6.07) is 7.38. The lowest BCUT2D eigenvalue weighted by Crippen LogP contribution is -2.34. The molecule has 0 bridgehead atoms. The van der Waals surface area contributed by atoms with Crippen molar-refractivity contribution in [1.82, 2.24) is 10.2 Å². The van der Waals surface area contributed by atoms with Crippen LogP contribution in [0.25, 0.3) is 0 Å². The number of rotatable bonds is 4. The highest BCUT2D eigenvalue weighted by molar-refractivity contribution is 8.00. The first kappa shape index (κ1) is 17.8. The maximum Gasteiger partial charge on any atom is 0.255 e. The van der Waals surface area contributed by atoms with Crippen LogP contribution >= 0.6 is 24.2 Å². The molecule has 1 heterocycles. The topological polar surface area (TPSA) is 75.4 Å². The molecule has 1 aliphatic rings. The Labute approximate surface area is 135 Å². The van der Waals surface area contributed by atoms with Gasteiger partial charge in [-0.2, -0.15) is 0 Å². The molecule has 3 N–H and O–H groups in total. The van der Waals surface area contributed by atoms with Crippen LogP contribution in [-0.4, -0.2) is 48.6 Å². The van der Waals surface area contributed by atoms with E-state index in [9.17, 15) is 9.59 Å². The zero-order valence-electron chi connectivity index (χ0n) is 11.7. The van der Waals surface area contributed by atoms with Gasteiger partial charge in [0.25, 0.3) is 5.91 Å². The number of carbonyl (C=O) groups is 2. The minimum Gasteiger partial charge on any atom is -0.369 e. The second-order valence-electron chi connectivity index (χ2n) is 4.65. The van der Waals surface area contributed by atoms with Crippen LogP contribution in [0, 0.1) is 0 Å². The van der Waals surface area contributed by atoms with Crippen molar-refractivity contribution in [2.75, 3.05) is 31.9 Å². The summed E-state index contributed by atoms with van der Waals surface area (Å²) >= 11 is 1.32. The summed E-state index contributed by atoms with van der Waals surface area (Å²) in [5, 5.41) is 3.28. The molecule has 21 heavy (non-hydrogen) atoms. The van der Waals surface area contributed by atoms with Gasteiger partial charge in [-0.1, -0.05) is 12.1 Å². The van der Waals surface area contributed by atoms with Gasteiger partial charge in [0.05, 0.1) is 11.3 Å². The molecule has 0 aliphatic carbocycles. The lowest BCUT2D eigenvalue weighted by molar-refractivity contribution is -0.115. The van der Waals surface area contributed by atoms with Crippen LogP contribution in [0.4, 0.5) is 0 Å². The smallest absolute Gasteiger partial charge is 0.255 e. The predicted molar refractivity (Wildman–Crippen MR) is 87.0 cm³/mol. The highest BCUT2D eigenvalue weighted by Crippen LogP contribution is 2.23. The normalized spacial score (nSPS) is 15.0. The predicted octanol–water partition coefficient (Wildman–Crippen LogP) is 1.12. The molecular weight excluding hydrogens is 310 g/mol. The maximum absolute atomic E-state index is 12.6. The van der Waals surface area contributed by atoms with E-state index in [0.717, 1.165) is 31.0 Å². The van der Waals surface area contributed by atoms with Crippen LogP contribution < -0.4 is 11.1 Å². The van der Waals surface area contributed by atoms with Gasteiger partial charge in [-0.25, -0.2) is 0 Å². The number of benzene rings is 1. The van der Waals surface area contributed by atoms with Crippen molar-refractivity contribution in [2.24, 2.45) is 5.73 Å². The molecule has 7 heteroatoms. The zero-order valence-corrected chi connectivity index (χ0v) is 13.3. The van der Waals surface area contributed by atoms with E-state index in [1.165, 1.54) is 11.8 Å². The number of nitrogens with one attached hydrogen (secondary N) is 1. The molecule has 2 rings (SSSR count). The maximum atomic E-state index is 12.6. The Morgan fingerprint density at radius 1 is 1.24 bits per heavy atom. The molecule has 1 aromatic carbocycles. The molecule has 0 atom stereocenters. The highest BCUT2D eigenvalue weighted by atomic mass is 35.5. The van der Waals surface area contributed by atoms with E-state index in [-0.39, 0.29) is 30.0 Å². The summed E-state index contributed by atoms with van der Waals surface area (Å²) < 4.78 is 0. The van der Waals surface area contributed by atoms with E-state index in [1.807, 2.05) is 29.2 Å². The van der Waals surface area contributed by atoms with E-state index in [1.54, 1.807) is 0 Å². The number of hydrogen-bond donors (Lipinski definition) is 2. The molecule has 2 amide bonds. The number of amides is 2. The van der Waals surface area contributed by atoms with E-state index in [0.29, 0.717) is 12.1 Å². The van der Waals surface area contributed by atoms with Crippen LogP contribution in [0.1, 0.15) is 16.8 Å². The number of thioether (sulfide) groups is 1. The minimum absolute atomic E-state index is 0. The van der Waals surface area contributed by atoms with Crippen molar-refractivity contribution in [3.8, 4) is 0 Å². The zero-order chi connectivity index (χ0) is 14.4. The second kappa shape index (κ2) is 8.92. The third-order valence-corrected chi connectivity index (χ3v) is 4.21. The van der Waals surface area contributed by atoms with Gasteiger partial charge >= 0.3 is 0 Å². The summed E-state index contributed by atoms with van der Waals surface area (Å²) in [5.74, 6) is -0.163. The molecule has 5 nitrogen and oxygen atoms in total. The Hall–Kier alpha value is -1.24. The summed E-state index contributed by atoms with van der Waals surface area (Å²) in [6.45, 7) is 3.25. The van der Waals surface area contributed by atoms with Crippen molar-refractivity contribution in [3.63, 3.8) is 0 Å². The minimum atomic E-state index is -0.378. The first-order chi connectivity index (χ1) is 9.68. The monoisotopic (exact) mass is 329 g/mol. The number of hydrogen-bond acceptors (Lipinski definition) is 4. The Kier molecular flexibility index (Phi) is 7.56. The second-order valence-corrected chi connectivity index (χ2v) is 5.66. The molecular formula is C14H20ClN3O2S. The molecule has 0 spiro atoms. The fourth-order valence-corrected chi connectivity index (χ4v) is 2.92. The van der Waals surface area contributed by atoms with Gasteiger partial charge in [-0.3, -0.25) is 9.59 Å². The molecule has 1 fully saturated rings. The number of carbonyl (C=O) groups excluding carboxylic acids is 2. The third-order valence-electron chi connectivity index (χ3n) is 3.11. The molecule has 0 radical (unpaired) electrons. The lowest BCUT2D eigenvalue weighted by atomic mass is 10.2. The summed E-state index contributed by atoms with van der Waals surface area (Å²) in [7, 11) is 0. The van der Waals surface area contributed by atoms with Crippen LogP contribution in [0.15, 0.2) is 29.2 Å². The largest absolute Gasteiger partial charge is 0.369 e. The van der Waals surface area contributed by atoms with Gasteiger partial charge in [-0.15, -0.1) is 24.2 Å². The van der Waals surface area contributed by atoms with Gasteiger partial charge in [0.1, 0.15) is 0 Å². The Morgan fingerprint density at radius 2 is 2.00 bits per heavy atom. The molecule has 0 unspecified atom stereocenters.